The fourth-order valence-corrected chi connectivity index (χ4v) is 5.97. The number of hydrogen-bond donors (Lipinski definition) is 0. The molecule has 1 aromatic heterocycles. The lowest BCUT2D eigenvalue weighted by Crippen LogP contribution is -2.00. The van der Waals surface area contributed by atoms with Crippen molar-refractivity contribution in [3.05, 3.63) is 175 Å². The van der Waals surface area contributed by atoms with Gasteiger partial charge in [0.25, 0.3) is 0 Å². The lowest BCUT2D eigenvalue weighted by molar-refractivity contribution is 1.07. The number of benzene rings is 7. The molecule has 0 spiro atoms. The maximum absolute atomic E-state index is 9.16. The Bertz CT molecular complexity index is 2370. The van der Waals surface area contributed by atoms with Gasteiger partial charge in [0.05, 0.1) is 11.6 Å². The summed E-state index contributed by atoms with van der Waals surface area (Å²) in [4.78, 5) is 14.6. The van der Waals surface area contributed by atoms with Crippen molar-refractivity contribution in [2.24, 2.45) is 0 Å². The van der Waals surface area contributed by atoms with E-state index in [1.807, 2.05) is 84.9 Å². The minimum atomic E-state index is 0.639. The Balaban J connectivity index is 1.11. The van der Waals surface area contributed by atoms with Gasteiger partial charge in [-0.2, -0.15) is 5.26 Å². The van der Waals surface area contributed by atoms with Crippen LogP contribution in [0.3, 0.4) is 0 Å². The highest BCUT2D eigenvalue weighted by atomic mass is 15.0. The van der Waals surface area contributed by atoms with E-state index in [0.29, 0.717) is 23.0 Å². The maximum atomic E-state index is 9.16. The van der Waals surface area contributed by atoms with Crippen molar-refractivity contribution in [3.8, 4) is 73.6 Å². The fourth-order valence-electron chi connectivity index (χ4n) is 5.97. The van der Waals surface area contributed by atoms with Crippen LogP contribution in [-0.2, 0) is 0 Å². The second kappa shape index (κ2) is 12.6. The average Bonchev–Trinajstić information content (AvgIpc) is 3.18. The van der Waals surface area contributed by atoms with Crippen molar-refractivity contribution in [1.82, 2.24) is 15.0 Å². The lowest BCUT2D eigenvalue weighted by Gasteiger charge is -2.10. The van der Waals surface area contributed by atoms with Crippen molar-refractivity contribution < 1.29 is 0 Å². The lowest BCUT2D eigenvalue weighted by atomic mass is 9.95. The van der Waals surface area contributed by atoms with Crippen molar-refractivity contribution in [2.75, 3.05) is 0 Å². The van der Waals surface area contributed by atoms with Crippen LogP contribution in [0.1, 0.15) is 5.56 Å². The zero-order chi connectivity index (χ0) is 32.3. The first kappa shape index (κ1) is 28.8. The molecule has 0 atom stereocenters. The molecule has 0 aliphatic heterocycles. The molecule has 0 saturated carbocycles. The summed E-state index contributed by atoms with van der Waals surface area (Å²) in [6, 6.07) is 60.2. The Labute approximate surface area is 279 Å². The highest BCUT2D eigenvalue weighted by Crippen LogP contribution is 2.32. The highest BCUT2D eigenvalue weighted by Gasteiger charge is 2.13. The summed E-state index contributed by atoms with van der Waals surface area (Å²) >= 11 is 0. The molecule has 0 radical (unpaired) electrons. The molecular weight excluding hydrogens is 585 g/mol. The number of nitriles is 1. The molecule has 0 amide bonds. The van der Waals surface area contributed by atoms with E-state index >= 15 is 0 Å². The van der Waals surface area contributed by atoms with Gasteiger partial charge in [0.1, 0.15) is 0 Å². The monoisotopic (exact) mass is 612 g/mol. The van der Waals surface area contributed by atoms with Crippen LogP contribution in [-0.4, -0.2) is 15.0 Å². The molecule has 0 saturated heterocycles. The van der Waals surface area contributed by atoms with Crippen LogP contribution in [0.2, 0.25) is 0 Å². The third-order valence-electron chi connectivity index (χ3n) is 8.56. The van der Waals surface area contributed by atoms with Crippen LogP contribution < -0.4 is 0 Å². The molecule has 0 N–H and O–H groups in total. The summed E-state index contributed by atoms with van der Waals surface area (Å²) < 4.78 is 0. The van der Waals surface area contributed by atoms with E-state index in [2.05, 4.69) is 91.0 Å². The fraction of sp³-hybridized carbons (Fsp3) is 0. The molecule has 0 aliphatic rings. The third-order valence-corrected chi connectivity index (χ3v) is 8.56. The number of hydrogen-bond acceptors (Lipinski definition) is 4. The van der Waals surface area contributed by atoms with Gasteiger partial charge in [-0.3, -0.25) is 0 Å². The predicted molar refractivity (Wildman–Crippen MR) is 195 cm³/mol. The number of nitrogens with zero attached hydrogens (tertiary/aromatic N) is 4. The first-order valence-corrected chi connectivity index (χ1v) is 15.8. The molecule has 4 nitrogen and oxygen atoms in total. The number of fused-ring (bicyclic) bond motifs is 1. The van der Waals surface area contributed by atoms with Crippen LogP contribution in [0, 0.1) is 11.3 Å². The van der Waals surface area contributed by atoms with Gasteiger partial charge >= 0.3 is 0 Å². The number of rotatable bonds is 6. The summed E-state index contributed by atoms with van der Waals surface area (Å²) in [6.07, 6.45) is 0. The molecule has 0 aliphatic carbocycles. The Morgan fingerprint density at radius 3 is 1.21 bits per heavy atom. The van der Waals surface area contributed by atoms with Crippen molar-refractivity contribution in [3.63, 3.8) is 0 Å². The molecule has 48 heavy (non-hydrogen) atoms. The highest BCUT2D eigenvalue weighted by molar-refractivity contribution is 5.91. The van der Waals surface area contributed by atoms with Gasteiger partial charge in [0.2, 0.25) is 0 Å². The van der Waals surface area contributed by atoms with Crippen molar-refractivity contribution in [2.45, 2.75) is 0 Å². The molecule has 4 heteroatoms. The topological polar surface area (TPSA) is 62.5 Å². The molecule has 0 unspecified atom stereocenters. The molecule has 224 valence electrons. The summed E-state index contributed by atoms with van der Waals surface area (Å²) in [5.74, 6) is 1.94. The van der Waals surface area contributed by atoms with Crippen LogP contribution in [0.5, 0.6) is 0 Å². The second-order valence-electron chi connectivity index (χ2n) is 11.7. The Morgan fingerprint density at radius 2 is 0.688 bits per heavy atom. The second-order valence-corrected chi connectivity index (χ2v) is 11.7. The molecule has 8 rings (SSSR count). The van der Waals surface area contributed by atoms with E-state index in [1.165, 1.54) is 10.8 Å². The van der Waals surface area contributed by atoms with E-state index in [9.17, 15) is 0 Å². The smallest absolute Gasteiger partial charge is 0.164 e. The predicted octanol–water partition coefficient (Wildman–Crippen LogP) is 10.9. The van der Waals surface area contributed by atoms with E-state index < -0.39 is 0 Å². The standard InChI is InChI=1S/C44H28N4/c45-29-30-14-16-31(17-15-30)37-12-7-13-38(26-37)40-25-21-33-20-24-39(27-41(33)28-40)32-18-22-36(23-19-32)44-47-42(34-8-3-1-4-9-34)46-43(48-44)35-10-5-2-6-11-35/h1-28H. The summed E-state index contributed by atoms with van der Waals surface area (Å²) in [7, 11) is 0. The van der Waals surface area contributed by atoms with Crippen LogP contribution in [0.4, 0.5) is 0 Å². The van der Waals surface area contributed by atoms with Gasteiger partial charge < -0.3 is 0 Å². The summed E-state index contributed by atoms with van der Waals surface area (Å²) in [5, 5.41) is 11.5. The SMILES string of the molecule is N#Cc1ccc(-c2cccc(-c3ccc4ccc(-c5ccc(-c6nc(-c7ccccc7)nc(-c7ccccc7)n6)cc5)cc4c3)c2)cc1. The first-order chi connectivity index (χ1) is 23.7. The average molecular weight is 613 g/mol. The minimum absolute atomic E-state index is 0.639. The number of aromatic nitrogens is 3. The zero-order valence-electron chi connectivity index (χ0n) is 26.0. The van der Waals surface area contributed by atoms with Gasteiger partial charge in [-0.25, -0.2) is 15.0 Å². The van der Waals surface area contributed by atoms with E-state index in [1.54, 1.807) is 0 Å². The van der Waals surface area contributed by atoms with Gasteiger partial charge in [-0.1, -0.05) is 140 Å². The Kier molecular flexibility index (Phi) is 7.54. The molecule has 1 heterocycles. The van der Waals surface area contributed by atoms with Crippen LogP contribution in [0.15, 0.2) is 170 Å². The van der Waals surface area contributed by atoms with E-state index in [-0.39, 0.29) is 0 Å². The Hall–Kier alpha value is -6.70. The first-order valence-electron chi connectivity index (χ1n) is 15.8. The minimum Gasteiger partial charge on any atom is -0.208 e. The zero-order valence-corrected chi connectivity index (χ0v) is 26.0. The third kappa shape index (κ3) is 5.85. The quantitative estimate of drug-likeness (QED) is 0.187. The summed E-state index contributed by atoms with van der Waals surface area (Å²) in [5.41, 5.74) is 10.3. The van der Waals surface area contributed by atoms with Crippen LogP contribution in [0.25, 0.3) is 78.3 Å². The Morgan fingerprint density at radius 1 is 0.312 bits per heavy atom. The van der Waals surface area contributed by atoms with E-state index in [4.69, 9.17) is 20.2 Å². The largest absolute Gasteiger partial charge is 0.208 e. The molecule has 7 aromatic carbocycles. The van der Waals surface area contributed by atoms with Crippen molar-refractivity contribution >= 4 is 10.8 Å². The molecular formula is C44H28N4. The van der Waals surface area contributed by atoms with E-state index in [0.717, 1.165) is 50.1 Å². The van der Waals surface area contributed by atoms with Gasteiger partial charge in [0, 0.05) is 16.7 Å². The van der Waals surface area contributed by atoms with Crippen LogP contribution >= 0.6 is 0 Å². The van der Waals surface area contributed by atoms with Gasteiger partial charge in [0.15, 0.2) is 17.5 Å². The molecule has 0 bridgehead atoms. The normalized spacial score (nSPS) is 10.9. The van der Waals surface area contributed by atoms with Gasteiger partial charge in [-0.05, 0) is 74.5 Å². The summed E-state index contributed by atoms with van der Waals surface area (Å²) in [6.45, 7) is 0. The van der Waals surface area contributed by atoms with Crippen molar-refractivity contribution in [1.29, 1.82) is 5.26 Å². The molecule has 8 aromatic rings. The van der Waals surface area contributed by atoms with Gasteiger partial charge in [-0.15, -0.1) is 0 Å². The molecule has 0 fully saturated rings. The maximum Gasteiger partial charge on any atom is 0.164 e.